The molecule has 0 aliphatic rings. The summed E-state index contributed by atoms with van der Waals surface area (Å²) in [6.45, 7) is 1.42. The van der Waals surface area contributed by atoms with Gasteiger partial charge in [-0.15, -0.1) is 0 Å². The Morgan fingerprint density at radius 2 is 1.71 bits per heavy atom. The van der Waals surface area contributed by atoms with E-state index in [1.807, 2.05) is 18.2 Å². The number of carbonyl (C=O) groups is 2. The SMILES string of the molecule is CC(=O)Oc1cccc(CCCCCCCCCC=O)c1. The first kappa shape index (κ1) is 17.4. The van der Waals surface area contributed by atoms with Crippen LogP contribution in [0.3, 0.4) is 0 Å². The Morgan fingerprint density at radius 3 is 2.38 bits per heavy atom. The average molecular weight is 290 g/mol. The zero-order chi connectivity index (χ0) is 15.3. The van der Waals surface area contributed by atoms with E-state index in [1.165, 1.54) is 44.6 Å². The Balaban J connectivity index is 2.09. The van der Waals surface area contributed by atoms with Crippen LogP contribution in [0.1, 0.15) is 63.9 Å². The van der Waals surface area contributed by atoms with Crippen molar-refractivity contribution in [3.05, 3.63) is 29.8 Å². The van der Waals surface area contributed by atoms with Gasteiger partial charge < -0.3 is 9.53 Å². The van der Waals surface area contributed by atoms with Crippen molar-refractivity contribution in [1.82, 2.24) is 0 Å². The Labute approximate surface area is 127 Å². The van der Waals surface area contributed by atoms with E-state index in [0.717, 1.165) is 25.5 Å². The molecule has 1 aromatic rings. The Bertz CT molecular complexity index is 426. The van der Waals surface area contributed by atoms with Gasteiger partial charge >= 0.3 is 5.97 Å². The molecule has 0 N–H and O–H groups in total. The molecule has 0 bridgehead atoms. The summed E-state index contributed by atoms with van der Waals surface area (Å²) >= 11 is 0. The Kier molecular flexibility index (Phi) is 9.18. The highest BCUT2D eigenvalue weighted by atomic mass is 16.5. The van der Waals surface area contributed by atoms with Crippen LogP contribution in [-0.2, 0) is 16.0 Å². The number of esters is 1. The molecule has 3 heteroatoms. The molecule has 0 amide bonds. The minimum atomic E-state index is -0.276. The Hall–Kier alpha value is -1.64. The van der Waals surface area contributed by atoms with E-state index in [9.17, 15) is 9.59 Å². The third-order valence-corrected chi connectivity index (χ3v) is 3.45. The number of aldehydes is 1. The molecule has 0 saturated carbocycles. The van der Waals surface area contributed by atoms with E-state index in [0.29, 0.717) is 12.2 Å². The van der Waals surface area contributed by atoms with Crippen molar-refractivity contribution >= 4 is 12.3 Å². The molecule has 0 fully saturated rings. The maximum atomic E-state index is 10.9. The van der Waals surface area contributed by atoms with Gasteiger partial charge in [-0.1, -0.05) is 44.2 Å². The monoisotopic (exact) mass is 290 g/mol. The predicted octanol–water partition coefficient (Wildman–Crippen LogP) is 4.47. The van der Waals surface area contributed by atoms with Crippen molar-refractivity contribution in [3.63, 3.8) is 0 Å². The van der Waals surface area contributed by atoms with Crippen LogP contribution in [0.4, 0.5) is 0 Å². The number of ether oxygens (including phenoxy) is 1. The van der Waals surface area contributed by atoms with Crippen LogP contribution >= 0.6 is 0 Å². The Morgan fingerprint density at radius 1 is 1.05 bits per heavy atom. The molecule has 0 aliphatic carbocycles. The van der Waals surface area contributed by atoms with Crippen LogP contribution in [-0.4, -0.2) is 12.3 Å². The third-order valence-electron chi connectivity index (χ3n) is 3.45. The summed E-state index contributed by atoms with van der Waals surface area (Å²) in [5.41, 5.74) is 1.22. The van der Waals surface area contributed by atoms with Gasteiger partial charge in [0.25, 0.3) is 0 Å². The predicted molar refractivity (Wildman–Crippen MR) is 84.5 cm³/mol. The minimum Gasteiger partial charge on any atom is -0.427 e. The summed E-state index contributed by atoms with van der Waals surface area (Å²) in [7, 11) is 0. The van der Waals surface area contributed by atoms with E-state index in [4.69, 9.17) is 4.74 Å². The van der Waals surface area contributed by atoms with Gasteiger partial charge in [0.2, 0.25) is 0 Å². The van der Waals surface area contributed by atoms with Crippen molar-refractivity contribution in [3.8, 4) is 5.75 Å². The van der Waals surface area contributed by atoms with Crippen LogP contribution < -0.4 is 4.74 Å². The van der Waals surface area contributed by atoms with Crippen molar-refractivity contribution in [1.29, 1.82) is 0 Å². The molecule has 0 atom stereocenters. The van der Waals surface area contributed by atoms with Gasteiger partial charge in [0, 0.05) is 13.3 Å². The maximum Gasteiger partial charge on any atom is 0.308 e. The number of unbranched alkanes of at least 4 members (excludes halogenated alkanes) is 7. The summed E-state index contributed by atoms with van der Waals surface area (Å²) in [5, 5.41) is 0. The summed E-state index contributed by atoms with van der Waals surface area (Å²) in [4.78, 5) is 21.1. The van der Waals surface area contributed by atoms with Crippen molar-refractivity contribution < 1.29 is 14.3 Å². The second-order valence-corrected chi connectivity index (χ2v) is 5.42. The smallest absolute Gasteiger partial charge is 0.308 e. The van der Waals surface area contributed by atoms with E-state index in [1.54, 1.807) is 0 Å². The average Bonchev–Trinajstić information content (AvgIpc) is 2.45. The van der Waals surface area contributed by atoms with Gasteiger partial charge in [-0.2, -0.15) is 0 Å². The fourth-order valence-electron chi connectivity index (χ4n) is 2.37. The van der Waals surface area contributed by atoms with Gasteiger partial charge in [-0.25, -0.2) is 0 Å². The van der Waals surface area contributed by atoms with E-state index in [2.05, 4.69) is 6.07 Å². The molecule has 0 saturated heterocycles. The number of rotatable bonds is 11. The fraction of sp³-hybridized carbons (Fsp3) is 0.556. The van der Waals surface area contributed by atoms with Crippen LogP contribution in [0, 0.1) is 0 Å². The first-order chi connectivity index (χ1) is 10.2. The molecule has 0 radical (unpaired) electrons. The molecule has 0 aromatic heterocycles. The maximum absolute atomic E-state index is 10.9. The molecular weight excluding hydrogens is 264 g/mol. The van der Waals surface area contributed by atoms with Crippen molar-refractivity contribution in [2.75, 3.05) is 0 Å². The number of hydrogen-bond donors (Lipinski definition) is 0. The quantitative estimate of drug-likeness (QED) is 0.261. The van der Waals surface area contributed by atoms with Crippen LogP contribution in [0.25, 0.3) is 0 Å². The molecule has 21 heavy (non-hydrogen) atoms. The van der Waals surface area contributed by atoms with Gasteiger partial charge in [0.05, 0.1) is 0 Å². The van der Waals surface area contributed by atoms with E-state index >= 15 is 0 Å². The number of benzene rings is 1. The molecule has 0 heterocycles. The lowest BCUT2D eigenvalue weighted by molar-refractivity contribution is -0.131. The lowest BCUT2D eigenvalue weighted by atomic mass is 10.0. The van der Waals surface area contributed by atoms with Gasteiger partial charge in [-0.3, -0.25) is 4.79 Å². The van der Waals surface area contributed by atoms with Gasteiger partial charge in [0.15, 0.2) is 0 Å². The zero-order valence-electron chi connectivity index (χ0n) is 13.0. The molecule has 0 spiro atoms. The van der Waals surface area contributed by atoms with Gasteiger partial charge in [-0.05, 0) is 37.0 Å². The standard InChI is InChI=1S/C18H26O3/c1-16(20)21-18-13-10-12-17(15-18)11-8-6-4-2-3-5-7-9-14-19/h10,12-15H,2-9,11H2,1H3. The molecular formula is C18H26O3. The van der Waals surface area contributed by atoms with Crippen LogP contribution in [0.2, 0.25) is 0 Å². The highest BCUT2D eigenvalue weighted by Crippen LogP contribution is 2.16. The summed E-state index contributed by atoms with van der Waals surface area (Å²) in [6, 6.07) is 7.76. The van der Waals surface area contributed by atoms with E-state index in [-0.39, 0.29) is 5.97 Å². The third kappa shape index (κ3) is 9.01. The van der Waals surface area contributed by atoms with Crippen LogP contribution in [0.5, 0.6) is 5.75 Å². The first-order valence-electron chi connectivity index (χ1n) is 7.93. The van der Waals surface area contributed by atoms with E-state index < -0.39 is 0 Å². The number of aryl methyl sites for hydroxylation is 1. The highest BCUT2D eigenvalue weighted by molar-refractivity contribution is 5.69. The van der Waals surface area contributed by atoms with Crippen molar-refractivity contribution in [2.45, 2.75) is 64.7 Å². The summed E-state index contributed by atoms with van der Waals surface area (Å²) < 4.78 is 5.08. The van der Waals surface area contributed by atoms with Crippen molar-refractivity contribution in [2.24, 2.45) is 0 Å². The fourth-order valence-corrected chi connectivity index (χ4v) is 2.37. The summed E-state index contributed by atoms with van der Waals surface area (Å²) in [6.07, 6.45) is 11.1. The molecule has 3 nitrogen and oxygen atoms in total. The lowest BCUT2D eigenvalue weighted by Crippen LogP contribution is -2.01. The molecule has 0 aliphatic heterocycles. The van der Waals surface area contributed by atoms with Gasteiger partial charge in [0.1, 0.15) is 12.0 Å². The topological polar surface area (TPSA) is 43.4 Å². The number of hydrogen-bond acceptors (Lipinski definition) is 3. The first-order valence-corrected chi connectivity index (χ1v) is 7.93. The largest absolute Gasteiger partial charge is 0.427 e. The molecule has 1 aromatic carbocycles. The second-order valence-electron chi connectivity index (χ2n) is 5.42. The minimum absolute atomic E-state index is 0.276. The highest BCUT2D eigenvalue weighted by Gasteiger charge is 2.00. The molecule has 0 unspecified atom stereocenters. The lowest BCUT2D eigenvalue weighted by Gasteiger charge is -2.05. The molecule has 116 valence electrons. The second kappa shape index (κ2) is 11.1. The zero-order valence-corrected chi connectivity index (χ0v) is 13.0. The van der Waals surface area contributed by atoms with Crippen LogP contribution in [0.15, 0.2) is 24.3 Å². The summed E-state index contributed by atoms with van der Waals surface area (Å²) in [5.74, 6) is 0.358. The normalized spacial score (nSPS) is 10.3. The number of carbonyl (C=O) groups excluding carboxylic acids is 2. The molecule has 1 rings (SSSR count).